The summed E-state index contributed by atoms with van der Waals surface area (Å²) in [6, 6.07) is 0. The van der Waals surface area contributed by atoms with Crippen LogP contribution in [-0.4, -0.2) is 51.3 Å². The number of amides is 1. The number of likely N-dealkylation sites (tertiary alicyclic amines) is 1. The smallest absolute Gasteiger partial charge is 0.232 e. The average Bonchev–Trinajstić information content (AvgIpc) is 2.66. The second-order valence-corrected chi connectivity index (χ2v) is 8.28. The number of ether oxygens (including phenoxy) is 1. The summed E-state index contributed by atoms with van der Waals surface area (Å²) in [5, 5.41) is 0. The normalized spacial score (nSPS) is 26.1. The van der Waals surface area contributed by atoms with Gasteiger partial charge in [0.1, 0.15) is 0 Å². The van der Waals surface area contributed by atoms with Gasteiger partial charge in [-0.05, 0) is 25.2 Å². The molecule has 0 N–H and O–H groups in total. The number of carbonyl (C=O) groups excluding carboxylic acids is 1. The van der Waals surface area contributed by atoms with Crippen LogP contribution in [0.5, 0.6) is 0 Å². The van der Waals surface area contributed by atoms with Gasteiger partial charge in [0.05, 0.1) is 5.75 Å². The van der Waals surface area contributed by atoms with E-state index in [1.807, 2.05) is 0 Å². The molecule has 0 spiro atoms. The summed E-state index contributed by atoms with van der Waals surface area (Å²) in [7, 11) is 1.72. The van der Waals surface area contributed by atoms with E-state index in [9.17, 15) is 13.2 Å². The molecule has 0 saturated carbocycles. The van der Waals surface area contributed by atoms with E-state index in [0.29, 0.717) is 18.9 Å². The van der Waals surface area contributed by atoms with Crippen LogP contribution in [0.2, 0.25) is 0 Å². The quantitative estimate of drug-likeness (QED) is 0.716. The van der Waals surface area contributed by atoms with Crippen LogP contribution in [0.15, 0.2) is 0 Å². The van der Waals surface area contributed by atoms with E-state index in [0.717, 1.165) is 39.0 Å². The van der Waals surface area contributed by atoms with Crippen LogP contribution in [0, 0.1) is 11.8 Å². The van der Waals surface area contributed by atoms with E-state index in [1.54, 1.807) is 4.90 Å². The molecule has 2 aliphatic heterocycles. The van der Waals surface area contributed by atoms with E-state index in [2.05, 4.69) is 0 Å². The lowest BCUT2D eigenvalue weighted by Gasteiger charge is -2.24. The van der Waals surface area contributed by atoms with Gasteiger partial charge in [-0.3, -0.25) is 4.79 Å². The number of hydrogen-bond acceptors (Lipinski definition) is 4. The molecule has 19 heavy (non-hydrogen) atoms. The summed E-state index contributed by atoms with van der Waals surface area (Å²) in [5.41, 5.74) is 0. The van der Waals surface area contributed by atoms with Gasteiger partial charge in [0, 0.05) is 49.3 Å². The summed E-state index contributed by atoms with van der Waals surface area (Å²) in [4.78, 5) is 13.6. The fraction of sp³-hybridized carbons (Fsp3) is 0.917. The third-order valence-corrected chi connectivity index (χ3v) is 5.13. The van der Waals surface area contributed by atoms with Gasteiger partial charge in [0.2, 0.25) is 15.0 Å². The maximum Gasteiger partial charge on any atom is 0.232 e. The highest BCUT2D eigenvalue weighted by Crippen LogP contribution is 2.24. The van der Waals surface area contributed by atoms with Crippen LogP contribution in [0.25, 0.3) is 0 Å². The van der Waals surface area contributed by atoms with Gasteiger partial charge < -0.3 is 9.64 Å². The first-order valence-electron chi connectivity index (χ1n) is 6.72. The third-order valence-electron chi connectivity index (χ3n) is 3.88. The summed E-state index contributed by atoms with van der Waals surface area (Å²) >= 11 is 0. The maximum absolute atomic E-state index is 11.8. The minimum Gasteiger partial charge on any atom is -0.381 e. The highest BCUT2D eigenvalue weighted by Gasteiger charge is 2.32. The minimum absolute atomic E-state index is 0.0531. The maximum atomic E-state index is 11.8. The number of hydrogen-bond donors (Lipinski definition) is 0. The van der Waals surface area contributed by atoms with Crippen LogP contribution in [0.1, 0.15) is 25.7 Å². The molecule has 7 heteroatoms. The van der Waals surface area contributed by atoms with Gasteiger partial charge in [-0.25, -0.2) is 8.42 Å². The Morgan fingerprint density at radius 1 is 1.26 bits per heavy atom. The summed E-state index contributed by atoms with van der Waals surface area (Å²) in [6.45, 7) is 2.87. The van der Waals surface area contributed by atoms with Gasteiger partial charge in [-0.15, -0.1) is 0 Å². The van der Waals surface area contributed by atoms with Gasteiger partial charge in [0.25, 0.3) is 0 Å². The van der Waals surface area contributed by atoms with Crippen molar-refractivity contribution in [1.29, 1.82) is 0 Å². The fourth-order valence-electron chi connectivity index (χ4n) is 2.84. The topological polar surface area (TPSA) is 63.7 Å². The molecule has 1 atom stereocenters. The molecule has 110 valence electrons. The predicted molar refractivity (Wildman–Crippen MR) is 72.5 cm³/mol. The molecule has 0 radical (unpaired) electrons. The summed E-state index contributed by atoms with van der Waals surface area (Å²) < 4.78 is 27.4. The van der Waals surface area contributed by atoms with Crippen molar-refractivity contribution in [3.05, 3.63) is 0 Å². The first-order chi connectivity index (χ1) is 8.94. The van der Waals surface area contributed by atoms with Gasteiger partial charge in [0.15, 0.2) is 0 Å². The molecule has 0 aromatic carbocycles. The molecule has 2 aliphatic rings. The van der Waals surface area contributed by atoms with Crippen molar-refractivity contribution in [3.8, 4) is 0 Å². The van der Waals surface area contributed by atoms with E-state index in [4.69, 9.17) is 15.4 Å². The van der Waals surface area contributed by atoms with Gasteiger partial charge >= 0.3 is 0 Å². The zero-order valence-electron chi connectivity index (χ0n) is 10.9. The van der Waals surface area contributed by atoms with Gasteiger partial charge in [-0.2, -0.15) is 0 Å². The Balaban J connectivity index is 1.76. The Morgan fingerprint density at radius 2 is 1.95 bits per heavy atom. The lowest BCUT2D eigenvalue weighted by Crippen LogP contribution is -2.29. The fourth-order valence-corrected chi connectivity index (χ4v) is 4.16. The lowest BCUT2D eigenvalue weighted by atomic mass is 9.96. The predicted octanol–water partition coefficient (Wildman–Crippen LogP) is 1.22. The molecular weight excluding hydrogens is 290 g/mol. The lowest BCUT2D eigenvalue weighted by molar-refractivity contribution is -0.127. The molecule has 2 rings (SSSR count). The van der Waals surface area contributed by atoms with Crippen molar-refractivity contribution in [3.63, 3.8) is 0 Å². The minimum atomic E-state index is -3.51. The van der Waals surface area contributed by atoms with Crippen molar-refractivity contribution in [2.45, 2.75) is 25.7 Å². The Kier molecular flexibility index (Phi) is 5.09. The van der Waals surface area contributed by atoms with Crippen LogP contribution >= 0.6 is 10.7 Å². The zero-order chi connectivity index (χ0) is 13.9. The van der Waals surface area contributed by atoms with Crippen molar-refractivity contribution in [2.24, 2.45) is 11.8 Å². The number of carbonyl (C=O) groups is 1. The number of nitrogens with zero attached hydrogens (tertiary/aromatic N) is 1. The second kappa shape index (κ2) is 6.41. The van der Waals surface area contributed by atoms with E-state index in [1.165, 1.54) is 0 Å². The average molecular weight is 310 g/mol. The molecule has 1 amide bonds. The Bertz CT molecular complexity index is 419. The first kappa shape index (κ1) is 15.1. The van der Waals surface area contributed by atoms with Crippen LogP contribution < -0.4 is 0 Å². The Morgan fingerprint density at radius 3 is 2.58 bits per heavy atom. The summed E-state index contributed by atoms with van der Waals surface area (Å²) in [5.74, 6) is 0.424. The molecule has 0 aromatic heterocycles. The van der Waals surface area contributed by atoms with Crippen LogP contribution in [0.3, 0.4) is 0 Å². The second-order valence-electron chi connectivity index (χ2n) is 5.46. The first-order valence-corrected chi connectivity index (χ1v) is 9.20. The molecule has 2 saturated heterocycles. The molecule has 1 unspecified atom stereocenters. The molecule has 0 aliphatic carbocycles. The standard InChI is InChI=1S/C12H20ClNO4S/c13-19(16,17)9-11-7-12(15)14(8-11)4-1-10-2-5-18-6-3-10/h10-11H,1-9H2. The van der Waals surface area contributed by atoms with Crippen molar-refractivity contribution in [1.82, 2.24) is 4.90 Å². The SMILES string of the molecule is O=C1CC(CS(=O)(=O)Cl)CN1CCC1CCOCC1. The number of rotatable bonds is 5. The van der Waals surface area contributed by atoms with Gasteiger partial charge in [-0.1, -0.05) is 0 Å². The van der Waals surface area contributed by atoms with E-state index in [-0.39, 0.29) is 17.6 Å². The molecule has 0 bridgehead atoms. The highest BCUT2D eigenvalue weighted by atomic mass is 35.7. The summed E-state index contributed by atoms with van der Waals surface area (Å²) in [6.07, 6.45) is 3.40. The van der Waals surface area contributed by atoms with Crippen molar-refractivity contribution in [2.75, 3.05) is 32.1 Å². The number of halogens is 1. The third kappa shape index (κ3) is 4.93. The van der Waals surface area contributed by atoms with Crippen molar-refractivity contribution >= 4 is 25.6 Å². The van der Waals surface area contributed by atoms with E-state index >= 15 is 0 Å². The van der Waals surface area contributed by atoms with Crippen molar-refractivity contribution < 1.29 is 17.9 Å². The molecular formula is C12H20ClNO4S. The molecule has 5 nitrogen and oxygen atoms in total. The Labute approximate surface area is 118 Å². The van der Waals surface area contributed by atoms with Crippen LogP contribution in [0.4, 0.5) is 0 Å². The molecule has 2 heterocycles. The largest absolute Gasteiger partial charge is 0.381 e. The van der Waals surface area contributed by atoms with Crippen LogP contribution in [-0.2, 0) is 18.6 Å². The molecule has 2 fully saturated rings. The zero-order valence-corrected chi connectivity index (χ0v) is 12.5. The molecule has 0 aromatic rings. The van der Waals surface area contributed by atoms with E-state index < -0.39 is 9.05 Å². The monoisotopic (exact) mass is 309 g/mol. The Hall–Kier alpha value is -0.330. The highest BCUT2D eigenvalue weighted by molar-refractivity contribution is 8.13.